The molecule has 0 unspecified atom stereocenters. The van der Waals surface area contributed by atoms with Gasteiger partial charge in [-0.25, -0.2) is 4.98 Å². The van der Waals surface area contributed by atoms with Crippen LogP contribution in [0, 0.1) is 6.92 Å². The largest absolute Gasteiger partial charge is 0.397 e. The topological polar surface area (TPSA) is 50.9 Å². The van der Waals surface area contributed by atoms with Crippen molar-refractivity contribution in [2.45, 2.75) is 13.3 Å². The Morgan fingerprint density at radius 2 is 2.11 bits per heavy atom. The molecular weight excluding hydrogens is 290 g/mol. The number of aromatic nitrogens is 1. The fraction of sp³-hybridized carbons (Fsp3) is 0.214. The van der Waals surface area contributed by atoms with Crippen molar-refractivity contribution in [2.75, 3.05) is 17.6 Å². The lowest BCUT2D eigenvalue weighted by Crippen LogP contribution is -2.07. The molecule has 0 aliphatic heterocycles. The third-order valence-corrected chi connectivity index (χ3v) is 3.58. The Morgan fingerprint density at radius 3 is 2.83 bits per heavy atom. The highest BCUT2D eigenvalue weighted by atomic mass is 79.9. The molecule has 0 saturated carbocycles. The van der Waals surface area contributed by atoms with Gasteiger partial charge in [-0.1, -0.05) is 34.1 Å². The van der Waals surface area contributed by atoms with Crippen LogP contribution in [0.25, 0.3) is 0 Å². The van der Waals surface area contributed by atoms with Gasteiger partial charge in [-0.05, 0) is 36.6 Å². The van der Waals surface area contributed by atoms with Gasteiger partial charge < -0.3 is 11.1 Å². The van der Waals surface area contributed by atoms with E-state index >= 15 is 0 Å². The molecule has 0 atom stereocenters. The van der Waals surface area contributed by atoms with Crippen LogP contribution in [0.1, 0.15) is 11.1 Å². The third-order valence-electron chi connectivity index (χ3n) is 2.81. The van der Waals surface area contributed by atoms with Crippen LogP contribution in [0.3, 0.4) is 0 Å². The van der Waals surface area contributed by atoms with Crippen LogP contribution in [0.2, 0.25) is 0 Å². The van der Waals surface area contributed by atoms with Gasteiger partial charge in [0.1, 0.15) is 5.82 Å². The number of pyridine rings is 1. The van der Waals surface area contributed by atoms with Crippen LogP contribution in [-0.4, -0.2) is 11.5 Å². The van der Waals surface area contributed by atoms with Gasteiger partial charge in [0.05, 0.1) is 11.9 Å². The third kappa shape index (κ3) is 3.23. The first-order valence-electron chi connectivity index (χ1n) is 5.86. The minimum atomic E-state index is 0.728. The van der Waals surface area contributed by atoms with Gasteiger partial charge in [-0.3, -0.25) is 0 Å². The Kier molecular flexibility index (Phi) is 4.20. The van der Waals surface area contributed by atoms with E-state index in [2.05, 4.69) is 38.4 Å². The van der Waals surface area contributed by atoms with Gasteiger partial charge in [0.2, 0.25) is 0 Å². The second-order valence-electron chi connectivity index (χ2n) is 4.19. The Hall–Kier alpha value is -1.55. The van der Waals surface area contributed by atoms with E-state index in [1.807, 2.05) is 25.1 Å². The molecule has 1 heterocycles. The summed E-state index contributed by atoms with van der Waals surface area (Å²) in [6.07, 6.45) is 2.64. The van der Waals surface area contributed by atoms with Crippen molar-refractivity contribution >= 4 is 27.4 Å². The molecule has 18 heavy (non-hydrogen) atoms. The van der Waals surface area contributed by atoms with Crippen molar-refractivity contribution in [1.29, 1.82) is 0 Å². The molecule has 0 radical (unpaired) electrons. The maximum absolute atomic E-state index is 5.73. The fourth-order valence-corrected chi connectivity index (χ4v) is 2.17. The van der Waals surface area contributed by atoms with E-state index in [1.165, 1.54) is 5.56 Å². The molecule has 0 bridgehead atoms. The SMILES string of the molecule is Cc1cc(NCCc2ccccc2Br)ncc1N. The summed E-state index contributed by atoms with van der Waals surface area (Å²) >= 11 is 3.54. The molecule has 0 fully saturated rings. The van der Waals surface area contributed by atoms with E-state index in [-0.39, 0.29) is 0 Å². The number of nitrogens with zero attached hydrogens (tertiary/aromatic N) is 1. The average Bonchev–Trinajstić information content (AvgIpc) is 2.36. The number of hydrogen-bond donors (Lipinski definition) is 2. The zero-order valence-electron chi connectivity index (χ0n) is 10.3. The number of nitrogen functional groups attached to an aromatic ring is 1. The number of benzene rings is 1. The molecule has 94 valence electrons. The van der Waals surface area contributed by atoms with E-state index < -0.39 is 0 Å². The van der Waals surface area contributed by atoms with Crippen molar-refractivity contribution < 1.29 is 0 Å². The second kappa shape index (κ2) is 5.87. The van der Waals surface area contributed by atoms with Crippen molar-refractivity contribution in [3.05, 3.63) is 52.1 Å². The summed E-state index contributed by atoms with van der Waals surface area (Å²) in [6.45, 7) is 2.83. The number of rotatable bonds is 4. The van der Waals surface area contributed by atoms with Gasteiger partial charge in [-0.15, -0.1) is 0 Å². The molecule has 2 aromatic rings. The van der Waals surface area contributed by atoms with Crippen molar-refractivity contribution in [3.63, 3.8) is 0 Å². The summed E-state index contributed by atoms with van der Waals surface area (Å²) in [5.74, 6) is 0.869. The van der Waals surface area contributed by atoms with Gasteiger partial charge in [0.15, 0.2) is 0 Å². The number of hydrogen-bond acceptors (Lipinski definition) is 3. The van der Waals surface area contributed by atoms with Gasteiger partial charge >= 0.3 is 0 Å². The molecule has 0 amide bonds. The number of nitrogens with one attached hydrogen (secondary N) is 1. The van der Waals surface area contributed by atoms with E-state index in [0.29, 0.717) is 0 Å². The quantitative estimate of drug-likeness (QED) is 0.910. The van der Waals surface area contributed by atoms with Crippen molar-refractivity contribution in [1.82, 2.24) is 4.98 Å². The van der Waals surface area contributed by atoms with Gasteiger partial charge in [0, 0.05) is 11.0 Å². The Labute approximate surface area is 116 Å². The first-order valence-corrected chi connectivity index (χ1v) is 6.65. The highest BCUT2D eigenvalue weighted by Crippen LogP contribution is 2.17. The predicted molar refractivity (Wildman–Crippen MR) is 79.7 cm³/mol. The molecule has 1 aromatic heterocycles. The second-order valence-corrected chi connectivity index (χ2v) is 5.05. The Bertz CT molecular complexity index is 540. The zero-order valence-corrected chi connectivity index (χ0v) is 11.9. The van der Waals surface area contributed by atoms with E-state index in [4.69, 9.17) is 5.73 Å². The molecule has 0 saturated heterocycles. The molecule has 3 nitrogen and oxygen atoms in total. The molecule has 0 spiro atoms. The van der Waals surface area contributed by atoms with Crippen LogP contribution >= 0.6 is 15.9 Å². The van der Waals surface area contributed by atoms with Crippen LogP contribution in [-0.2, 0) is 6.42 Å². The summed E-state index contributed by atoms with van der Waals surface area (Å²) in [6, 6.07) is 10.2. The standard InChI is InChI=1S/C14H16BrN3/c1-10-8-14(18-9-13(10)16)17-7-6-11-4-2-3-5-12(11)15/h2-5,8-9H,6-7,16H2,1H3,(H,17,18). The first-order chi connectivity index (χ1) is 8.66. The predicted octanol–water partition coefficient (Wildman–Crippen LogP) is 3.39. The van der Waals surface area contributed by atoms with Crippen molar-refractivity contribution in [3.8, 4) is 0 Å². The average molecular weight is 306 g/mol. The van der Waals surface area contributed by atoms with Crippen LogP contribution in [0.4, 0.5) is 11.5 Å². The Morgan fingerprint density at radius 1 is 1.33 bits per heavy atom. The Balaban J connectivity index is 1.92. The lowest BCUT2D eigenvalue weighted by Gasteiger charge is -2.08. The minimum Gasteiger partial charge on any atom is -0.397 e. The molecule has 0 aliphatic carbocycles. The van der Waals surface area contributed by atoms with E-state index in [0.717, 1.165) is 34.5 Å². The van der Waals surface area contributed by atoms with E-state index in [9.17, 15) is 0 Å². The fourth-order valence-electron chi connectivity index (χ4n) is 1.69. The summed E-state index contributed by atoms with van der Waals surface area (Å²) in [5, 5.41) is 3.30. The summed E-state index contributed by atoms with van der Waals surface area (Å²) in [7, 11) is 0. The molecule has 2 rings (SSSR count). The molecule has 3 N–H and O–H groups in total. The number of nitrogens with two attached hydrogens (primary N) is 1. The lowest BCUT2D eigenvalue weighted by molar-refractivity contribution is 0.999. The highest BCUT2D eigenvalue weighted by molar-refractivity contribution is 9.10. The first kappa shape index (κ1) is 12.9. The number of anilines is 2. The van der Waals surface area contributed by atoms with Gasteiger partial charge in [0.25, 0.3) is 0 Å². The van der Waals surface area contributed by atoms with Crippen LogP contribution in [0.15, 0.2) is 41.0 Å². The monoisotopic (exact) mass is 305 g/mol. The lowest BCUT2D eigenvalue weighted by atomic mass is 10.1. The van der Waals surface area contributed by atoms with Crippen LogP contribution < -0.4 is 11.1 Å². The zero-order chi connectivity index (χ0) is 13.0. The molecular formula is C14H16BrN3. The summed E-state index contributed by atoms with van der Waals surface area (Å²) < 4.78 is 1.15. The minimum absolute atomic E-state index is 0.728. The van der Waals surface area contributed by atoms with Crippen molar-refractivity contribution in [2.24, 2.45) is 0 Å². The van der Waals surface area contributed by atoms with E-state index in [1.54, 1.807) is 6.20 Å². The number of halogens is 1. The molecule has 4 heteroatoms. The molecule has 0 aliphatic rings. The summed E-state index contributed by atoms with van der Waals surface area (Å²) in [4.78, 5) is 4.24. The smallest absolute Gasteiger partial charge is 0.126 e. The summed E-state index contributed by atoms with van der Waals surface area (Å²) in [5.41, 5.74) is 8.80. The molecule has 1 aromatic carbocycles. The maximum Gasteiger partial charge on any atom is 0.126 e. The maximum atomic E-state index is 5.73. The normalized spacial score (nSPS) is 10.3. The van der Waals surface area contributed by atoms with Crippen LogP contribution in [0.5, 0.6) is 0 Å². The number of aryl methyl sites for hydroxylation is 1. The highest BCUT2D eigenvalue weighted by Gasteiger charge is 2.00. The van der Waals surface area contributed by atoms with Gasteiger partial charge in [-0.2, -0.15) is 0 Å².